The number of esters is 1. The number of benzene rings is 1. The summed E-state index contributed by atoms with van der Waals surface area (Å²) in [5, 5.41) is 2.72. The predicted octanol–water partition coefficient (Wildman–Crippen LogP) is 2.76. The molecule has 0 saturated carbocycles. The summed E-state index contributed by atoms with van der Waals surface area (Å²) in [7, 11) is 0. The van der Waals surface area contributed by atoms with Gasteiger partial charge < -0.3 is 14.8 Å². The fourth-order valence-electron chi connectivity index (χ4n) is 1.53. The highest BCUT2D eigenvalue weighted by Gasteiger charge is 2.07. The molecule has 0 fully saturated rings. The maximum atomic E-state index is 11.6. The van der Waals surface area contributed by atoms with Crippen LogP contribution in [0.2, 0.25) is 0 Å². The van der Waals surface area contributed by atoms with Crippen LogP contribution < -0.4 is 10.1 Å². The number of anilines is 1. The van der Waals surface area contributed by atoms with Crippen molar-refractivity contribution in [3.63, 3.8) is 0 Å². The molecule has 5 nitrogen and oxygen atoms in total. The van der Waals surface area contributed by atoms with Crippen molar-refractivity contribution >= 4 is 17.6 Å². The number of rotatable bonds is 8. The Morgan fingerprint density at radius 1 is 1.10 bits per heavy atom. The largest absolute Gasteiger partial charge is 0.494 e. The summed E-state index contributed by atoms with van der Waals surface area (Å²) >= 11 is 0. The minimum atomic E-state index is -0.356. The van der Waals surface area contributed by atoms with E-state index in [0.717, 1.165) is 12.2 Å². The highest BCUT2D eigenvalue weighted by Crippen LogP contribution is 2.16. The Balaban J connectivity index is 2.36. The highest BCUT2D eigenvalue weighted by atomic mass is 16.5. The van der Waals surface area contributed by atoms with E-state index in [4.69, 9.17) is 9.47 Å². The average molecular weight is 279 g/mol. The lowest BCUT2D eigenvalue weighted by molar-refractivity contribution is -0.144. The Bertz CT molecular complexity index is 428. The Kier molecular flexibility index (Phi) is 7.17. The van der Waals surface area contributed by atoms with Crippen molar-refractivity contribution in [2.45, 2.75) is 33.1 Å². The summed E-state index contributed by atoms with van der Waals surface area (Å²) in [6.07, 6.45) is 1.16. The molecule has 1 N–H and O–H groups in total. The molecule has 0 saturated heterocycles. The van der Waals surface area contributed by atoms with E-state index >= 15 is 0 Å². The smallest absolute Gasteiger partial charge is 0.306 e. The number of carbonyl (C=O) groups is 2. The number of nitrogens with one attached hydrogen (secondary N) is 1. The molecule has 1 rings (SSSR count). The minimum absolute atomic E-state index is 0.0946. The van der Waals surface area contributed by atoms with E-state index in [1.165, 1.54) is 0 Å². The first-order valence-electron chi connectivity index (χ1n) is 6.84. The Hall–Kier alpha value is -2.04. The fourth-order valence-corrected chi connectivity index (χ4v) is 1.53. The Morgan fingerprint density at radius 2 is 1.80 bits per heavy atom. The highest BCUT2D eigenvalue weighted by molar-refractivity contribution is 5.92. The van der Waals surface area contributed by atoms with Crippen LogP contribution in [-0.4, -0.2) is 25.1 Å². The van der Waals surface area contributed by atoms with Crippen molar-refractivity contribution in [3.8, 4) is 5.75 Å². The van der Waals surface area contributed by atoms with Crippen molar-refractivity contribution in [1.82, 2.24) is 0 Å². The zero-order chi connectivity index (χ0) is 14.8. The van der Waals surface area contributed by atoms with E-state index in [-0.39, 0.29) is 24.7 Å². The van der Waals surface area contributed by atoms with Crippen LogP contribution in [0.15, 0.2) is 24.3 Å². The molecule has 1 aromatic carbocycles. The van der Waals surface area contributed by atoms with Crippen molar-refractivity contribution in [2.24, 2.45) is 0 Å². The van der Waals surface area contributed by atoms with Crippen molar-refractivity contribution in [2.75, 3.05) is 18.5 Å². The summed E-state index contributed by atoms with van der Waals surface area (Å²) in [6.45, 7) is 4.78. The van der Waals surface area contributed by atoms with Gasteiger partial charge in [0, 0.05) is 12.1 Å². The van der Waals surface area contributed by atoms with Gasteiger partial charge in [0.05, 0.1) is 19.6 Å². The predicted molar refractivity (Wildman–Crippen MR) is 76.7 cm³/mol. The molecule has 110 valence electrons. The first-order valence-corrected chi connectivity index (χ1v) is 6.84. The van der Waals surface area contributed by atoms with Crippen LogP contribution in [0.4, 0.5) is 5.69 Å². The van der Waals surface area contributed by atoms with E-state index in [0.29, 0.717) is 18.9 Å². The van der Waals surface area contributed by atoms with Gasteiger partial charge in [-0.05, 0) is 37.6 Å². The van der Waals surface area contributed by atoms with Crippen LogP contribution in [0.5, 0.6) is 5.75 Å². The van der Waals surface area contributed by atoms with Gasteiger partial charge in [0.1, 0.15) is 5.75 Å². The molecule has 0 heterocycles. The molecule has 0 aromatic heterocycles. The number of amides is 1. The molecule has 0 aliphatic rings. The van der Waals surface area contributed by atoms with Gasteiger partial charge in [-0.15, -0.1) is 0 Å². The SMILES string of the molecule is CCCOc1ccc(NC(=O)CCC(=O)OCC)cc1. The fraction of sp³-hybridized carbons (Fsp3) is 0.467. The summed E-state index contributed by atoms with van der Waals surface area (Å²) in [6, 6.07) is 7.15. The van der Waals surface area contributed by atoms with Crippen molar-refractivity contribution in [3.05, 3.63) is 24.3 Å². The lowest BCUT2D eigenvalue weighted by atomic mass is 10.2. The quantitative estimate of drug-likeness (QED) is 0.743. The molecule has 20 heavy (non-hydrogen) atoms. The molecule has 0 spiro atoms. The average Bonchev–Trinajstić information content (AvgIpc) is 2.45. The summed E-state index contributed by atoms with van der Waals surface area (Å²) in [4.78, 5) is 22.8. The molecule has 5 heteroatoms. The number of ether oxygens (including phenoxy) is 2. The van der Waals surface area contributed by atoms with Gasteiger partial charge in [0.25, 0.3) is 0 Å². The first-order chi connectivity index (χ1) is 9.65. The van der Waals surface area contributed by atoms with Gasteiger partial charge in [-0.1, -0.05) is 6.92 Å². The normalized spacial score (nSPS) is 9.90. The monoisotopic (exact) mass is 279 g/mol. The van der Waals surface area contributed by atoms with E-state index < -0.39 is 0 Å². The second-order valence-corrected chi connectivity index (χ2v) is 4.23. The van der Waals surface area contributed by atoms with Crippen molar-refractivity contribution < 1.29 is 19.1 Å². The zero-order valence-electron chi connectivity index (χ0n) is 12.0. The maximum Gasteiger partial charge on any atom is 0.306 e. The first kappa shape index (κ1) is 16.0. The number of carbonyl (C=O) groups excluding carboxylic acids is 2. The molecule has 1 amide bonds. The second kappa shape index (κ2) is 8.96. The Morgan fingerprint density at radius 3 is 2.40 bits per heavy atom. The van der Waals surface area contributed by atoms with Crippen molar-refractivity contribution in [1.29, 1.82) is 0 Å². The summed E-state index contributed by atoms with van der Waals surface area (Å²) < 4.78 is 10.2. The van der Waals surface area contributed by atoms with Gasteiger partial charge in [0.2, 0.25) is 5.91 Å². The number of hydrogen-bond donors (Lipinski definition) is 1. The zero-order valence-corrected chi connectivity index (χ0v) is 12.0. The van der Waals surface area contributed by atoms with E-state index in [9.17, 15) is 9.59 Å². The Labute approximate surface area is 119 Å². The van der Waals surface area contributed by atoms with Gasteiger partial charge in [-0.3, -0.25) is 9.59 Å². The van der Waals surface area contributed by atoms with Gasteiger partial charge in [-0.2, -0.15) is 0 Å². The third-order valence-corrected chi connectivity index (χ3v) is 2.47. The van der Waals surface area contributed by atoms with E-state index in [1.807, 2.05) is 6.92 Å². The maximum absolute atomic E-state index is 11.6. The minimum Gasteiger partial charge on any atom is -0.494 e. The molecule has 0 bridgehead atoms. The molecule has 1 aromatic rings. The standard InChI is InChI=1S/C15H21NO4/c1-3-11-20-13-7-5-12(6-8-13)16-14(17)9-10-15(18)19-4-2/h5-8H,3-4,9-11H2,1-2H3,(H,16,17). The lowest BCUT2D eigenvalue weighted by Gasteiger charge is -2.07. The van der Waals surface area contributed by atoms with E-state index in [2.05, 4.69) is 5.32 Å². The molecule has 0 atom stereocenters. The van der Waals surface area contributed by atoms with Gasteiger partial charge in [0.15, 0.2) is 0 Å². The van der Waals surface area contributed by atoms with Crippen LogP contribution in [0, 0.1) is 0 Å². The molecule has 0 aliphatic carbocycles. The lowest BCUT2D eigenvalue weighted by Crippen LogP contribution is -2.14. The molecule has 0 aliphatic heterocycles. The topological polar surface area (TPSA) is 64.6 Å². The third-order valence-electron chi connectivity index (χ3n) is 2.47. The molecule has 0 unspecified atom stereocenters. The summed E-state index contributed by atoms with van der Waals surface area (Å²) in [5.41, 5.74) is 0.683. The molecule has 0 radical (unpaired) electrons. The van der Waals surface area contributed by atoms with Crippen LogP contribution in [0.1, 0.15) is 33.1 Å². The second-order valence-electron chi connectivity index (χ2n) is 4.23. The van der Waals surface area contributed by atoms with Gasteiger partial charge in [-0.25, -0.2) is 0 Å². The summed E-state index contributed by atoms with van der Waals surface area (Å²) in [5.74, 6) is 0.211. The molecular weight excluding hydrogens is 258 g/mol. The van der Waals surface area contributed by atoms with Crippen LogP contribution >= 0.6 is 0 Å². The van der Waals surface area contributed by atoms with Gasteiger partial charge >= 0.3 is 5.97 Å². The molecular formula is C15H21NO4. The van der Waals surface area contributed by atoms with Crippen LogP contribution in [0.25, 0.3) is 0 Å². The van der Waals surface area contributed by atoms with Crippen LogP contribution in [-0.2, 0) is 14.3 Å². The van der Waals surface area contributed by atoms with Crippen LogP contribution in [0.3, 0.4) is 0 Å². The number of hydrogen-bond acceptors (Lipinski definition) is 4. The third kappa shape index (κ3) is 6.22. The van der Waals surface area contributed by atoms with E-state index in [1.54, 1.807) is 31.2 Å².